The standard InChI is InChI=1S/C13H20FNO/c1-4-15-9-13(16-10(2)3)11-5-7-12(14)8-6-11/h5-8,10,13,15H,4,9H2,1-3H3. The van der Waals surface area contributed by atoms with E-state index < -0.39 is 0 Å². The third-order valence-corrected chi connectivity index (χ3v) is 2.26. The molecule has 0 saturated carbocycles. The molecule has 2 nitrogen and oxygen atoms in total. The van der Waals surface area contributed by atoms with Crippen LogP contribution in [0.1, 0.15) is 32.4 Å². The Morgan fingerprint density at radius 1 is 1.25 bits per heavy atom. The molecule has 0 saturated heterocycles. The van der Waals surface area contributed by atoms with E-state index in [4.69, 9.17) is 4.74 Å². The van der Waals surface area contributed by atoms with E-state index in [-0.39, 0.29) is 18.0 Å². The maximum absolute atomic E-state index is 12.8. The van der Waals surface area contributed by atoms with E-state index in [1.54, 1.807) is 12.1 Å². The van der Waals surface area contributed by atoms with Gasteiger partial charge in [-0.3, -0.25) is 0 Å². The molecule has 0 aliphatic heterocycles. The van der Waals surface area contributed by atoms with Gasteiger partial charge in [-0.25, -0.2) is 4.39 Å². The fraction of sp³-hybridized carbons (Fsp3) is 0.538. The Bertz CT molecular complexity index is 297. The highest BCUT2D eigenvalue weighted by Gasteiger charge is 2.13. The van der Waals surface area contributed by atoms with Crippen molar-refractivity contribution < 1.29 is 9.13 Å². The smallest absolute Gasteiger partial charge is 0.123 e. The minimum Gasteiger partial charge on any atom is -0.370 e. The lowest BCUT2D eigenvalue weighted by molar-refractivity contribution is 0.00738. The van der Waals surface area contributed by atoms with Crippen molar-refractivity contribution in [1.29, 1.82) is 0 Å². The van der Waals surface area contributed by atoms with E-state index in [0.717, 1.165) is 18.7 Å². The van der Waals surface area contributed by atoms with Crippen molar-refractivity contribution in [1.82, 2.24) is 5.32 Å². The van der Waals surface area contributed by atoms with Gasteiger partial charge >= 0.3 is 0 Å². The Morgan fingerprint density at radius 3 is 2.38 bits per heavy atom. The summed E-state index contributed by atoms with van der Waals surface area (Å²) in [5.41, 5.74) is 1.01. The topological polar surface area (TPSA) is 21.3 Å². The largest absolute Gasteiger partial charge is 0.370 e. The first-order valence-corrected chi connectivity index (χ1v) is 5.75. The molecule has 3 heteroatoms. The average molecular weight is 225 g/mol. The van der Waals surface area contributed by atoms with Crippen LogP contribution >= 0.6 is 0 Å². The molecule has 0 amide bonds. The van der Waals surface area contributed by atoms with E-state index in [0.29, 0.717) is 0 Å². The molecule has 16 heavy (non-hydrogen) atoms. The van der Waals surface area contributed by atoms with Crippen LogP contribution < -0.4 is 5.32 Å². The first-order chi connectivity index (χ1) is 7.63. The van der Waals surface area contributed by atoms with E-state index in [2.05, 4.69) is 12.2 Å². The van der Waals surface area contributed by atoms with Crippen molar-refractivity contribution in [3.8, 4) is 0 Å². The Balaban J connectivity index is 2.70. The molecular formula is C13H20FNO. The number of ether oxygens (including phenoxy) is 1. The zero-order chi connectivity index (χ0) is 12.0. The monoisotopic (exact) mass is 225 g/mol. The van der Waals surface area contributed by atoms with Crippen LogP contribution in [-0.4, -0.2) is 19.2 Å². The average Bonchev–Trinajstić information content (AvgIpc) is 2.25. The van der Waals surface area contributed by atoms with E-state index in [1.807, 2.05) is 13.8 Å². The van der Waals surface area contributed by atoms with E-state index >= 15 is 0 Å². The van der Waals surface area contributed by atoms with E-state index in [1.165, 1.54) is 12.1 Å². The lowest BCUT2D eigenvalue weighted by atomic mass is 10.1. The molecule has 1 atom stereocenters. The zero-order valence-electron chi connectivity index (χ0n) is 10.2. The summed E-state index contributed by atoms with van der Waals surface area (Å²) in [6.45, 7) is 7.71. The third kappa shape index (κ3) is 4.29. The summed E-state index contributed by atoms with van der Waals surface area (Å²) in [6, 6.07) is 6.50. The van der Waals surface area contributed by atoms with E-state index in [9.17, 15) is 4.39 Å². The second kappa shape index (κ2) is 6.61. The molecular weight excluding hydrogens is 205 g/mol. The number of halogens is 1. The van der Waals surface area contributed by atoms with Gasteiger partial charge < -0.3 is 10.1 Å². The summed E-state index contributed by atoms with van der Waals surface area (Å²) in [5.74, 6) is -0.213. The van der Waals surface area contributed by atoms with Crippen molar-refractivity contribution in [3.05, 3.63) is 35.6 Å². The van der Waals surface area contributed by atoms with Crippen molar-refractivity contribution in [2.24, 2.45) is 0 Å². The molecule has 1 unspecified atom stereocenters. The molecule has 0 fully saturated rings. The summed E-state index contributed by atoms with van der Waals surface area (Å²) in [4.78, 5) is 0. The molecule has 1 N–H and O–H groups in total. The summed E-state index contributed by atoms with van der Waals surface area (Å²) in [7, 11) is 0. The molecule has 0 heterocycles. The van der Waals surface area contributed by atoms with Gasteiger partial charge in [0.25, 0.3) is 0 Å². The molecule has 1 rings (SSSR count). The van der Waals surface area contributed by atoms with Gasteiger partial charge in [-0.1, -0.05) is 19.1 Å². The van der Waals surface area contributed by atoms with Crippen LogP contribution in [0.3, 0.4) is 0 Å². The molecule has 1 aromatic carbocycles. The lowest BCUT2D eigenvalue weighted by Gasteiger charge is -2.21. The summed E-state index contributed by atoms with van der Waals surface area (Å²) < 4.78 is 18.6. The second-order valence-corrected chi connectivity index (χ2v) is 4.03. The summed E-state index contributed by atoms with van der Waals surface area (Å²) in [6.07, 6.45) is 0.147. The number of rotatable bonds is 6. The first-order valence-electron chi connectivity index (χ1n) is 5.75. The van der Waals surface area contributed by atoms with Crippen LogP contribution in [0.4, 0.5) is 4.39 Å². The molecule has 90 valence electrons. The van der Waals surface area contributed by atoms with Gasteiger partial charge in [0.2, 0.25) is 0 Å². The third-order valence-electron chi connectivity index (χ3n) is 2.26. The molecule has 0 aromatic heterocycles. The maximum atomic E-state index is 12.8. The Kier molecular flexibility index (Phi) is 5.43. The minimum atomic E-state index is -0.213. The summed E-state index contributed by atoms with van der Waals surface area (Å²) >= 11 is 0. The van der Waals surface area contributed by atoms with Crippen LogP contribution in [0.5, 0.6) is 0 Å². The van der Waals surface area contributed by atoms with Crippen molar-refractivity contribution in [2.45, 2.75) is 33.0 Å². The highest BCUT2D eigenvalue weighted by molar-refractivity contribution is 5.19. The van der Waals surface area contributed by atoms with Crippen molar-refractivity contribution in [3.63, 3.8) is 0 Å². The van der Waals surface area contributed by atoms with Gasteiger partial charge in [0, 0.05) is 6.54 Å². The predicted molar refractivity (Wildman–Crippen MR) is 63.9 cm³/mol. The van der Waals surface area contributed by atoms with Gasteiger partial charge in [0.15, 0.2) is 0 Å². The molecule has 0 bridgehead atoms. The quantitative estimate of drug-likeness (QED) is 0.803. The Morgan fingerprint density at radius 2 is 1.88 bits per heavy atom. The fourth-order valence-electron chi connectivity index (χ4n) is 1.53. The van der Waals surface area contributed by atoms with Crippen LogP contribution in [0.25, 0.3) is 0 Å². The maximum Gasteiger partial charge on any atom is 0.123 e. The van der Waals surface area contributed by atoms with Gasteiger partial charge in [0.1, 0.15) is 5.82 Å². The lowest BCUT2D eigenvalue weighted by Crippen LogP contribution is -2.25. The van der Waals surface area contributed by atoms with Crippen LogP contribution in [0.2, 0.25) is 0 Å². The molecule has 1 aromatic rings. The van der Waals surface area contributed by atoms with Gasteiger partial charge in [0.05, 0.1) is 12.2 Å². The number of benzene rings is 1. The highest BCUT2D eigenvalue weighted by Crippen LogP contribution is 2.18. The first kappa shape index (κ1) is 13.1. The molecule has 0 spiro atoms. The number of likely N-dealkylation sites (N-methyl/N-ethyl adjacent to an activating group) is 1. The summed E-state index contributed by atoms with van der Waals surface area (Å²) in [5, 5.41) is 3.25. The van der Waals surface area contributed by atoms with Gasteiger partial charge in [-0.05, 0) is 38.1 Å². The van der Waals surface area contributed by atoms with Crippen LogP contribution in [-0.2, 0) is 4.74 Å². The highest BCUT2D eigenvalue weighted by atomic mass is 19.1. The predicted octanol–water partition coefficient (Wildman–Crippen LogP) is 2.90. The second-order valence-electron chi connectivity index (χ2n) is 4.03. The Hall–Kier alpha value is -0.930. The van der Waals surface area contributed by atoms with Crippen LogP contribution in [0, 0.1) is 5.82 Å². The van der Waals surface area contributed by atoms with Gasteiger partial charge in [-0.15, -0.1) is 0 Å². The number of hydrogen-bond donors (Lipinski definition) is 1. The number of hydrogen-bond acceptors (Lipinski definition) is 2. The Labute approximate surface area is 96.8 Å². The van der Waals surface area contributed by atoms with Crippen LogP contribution in [0.15, 0.2) is 24.3 Å². The fourth-order valence-corrected chi connectivity index (χ4v) is 1.53. The normalized spacial score (nSPS) is 13.1. The SMILES string of the molecule is CCNCC(OC(C)C)c1ccc(F)cc1. The van der Waals surface area contributed by atoms with Crippen molar-refractivity contribution >= 4 is 0 Å². The van der Waals surface area contributed by atoms with Gasteiger partial charge in [-0.2, -0.15) is 0 Å². The zero-order valence-corrected chi connectivity index (χ0v) is 10.2. The molecule has 0 aliphatic rings. The molecule has 0 radical (unpaired) electrons. The molecule has 0 aliphatic carbocycles. The number of nitrogens with one attached hydrogen (secondary N) is 1. The van der Waals surface area contributed by atoms with Crippen molar-refractivity contribution in [2.75, 3.05) is 13.1 Å². The minimum absolute atomic E-state index is 0.0134.